The van der Waals surface area contributed by atoms with Crippen molar-refractivity contribution in [3.05, 3.63) is 23.8 Å². The highest BCUT2D eigenvalue weighted by Gasteiger charge is 2.19. The van der Waals surface area contributed by atoms with Crippen molar-refractivity contribution < 1.29 is 13.6 Å². The number of nitrogens with zero attached hydrogens (tertiary/aromatic N) is 4. The summed E-state index contributed by atoms with van der Waals surface area (Å²) in [4.78, 5) is 11.9. The lowest BCUT2D eigenvalue weighted by molar-refractivity contribution is 0.146. The minimum atomic E-state index is -2.76. The van der Waals surface area contributed by atoms with Gasteiger partial charge in [0.2, 0.25) is 0 Å². The lowest BCUT2D eigenvalue weighted by Crippen LogP contribution is -2.20. The Kier molecular flexibility index (Phi) is 4.20. The monoisotopic (exact) mass is 298 g/mol. The van der Waals surface area contributed by atoms with Crippen LogP contribution < -0.4 is 10.6 Å². The normalized spacial score (nSPS) is 11.0. The highest BCUT2D eigenvalue weighted by atomic mass is 19.3. The zero-order chi connectivity index (χ0) is 15.6. The second kappa shape index (κ2) is 5.90. The Hall–Kier alpha value is -2.45. The number of hydrogen-bond acceptors (Lipinski definition) is 3. The maximum Gasteiger partial charge on any atom is 0.323 e. The predicted molar refractivity (Wildman–Crippen MR) is 73.4 cm³/mol. The van der Waals surface area contributed by atoms with Crippen LogP contribution in [0.4, 0.5) is 25.0 Å². The number of aryl methyl sites for hydroxylation is 3. The topological polar surface area (TPSA) is 76.8 Å². The van der Waals surface area contributed by atoms with Gasteiger partial charge in [0.05, 0.1) is 17.1 Å². The van der Waals surface area contributed by atoms with Crippen LogP contribution in [0.1, 0.15) is 24.7 Å². The average Bonchev–Trinajstić information content (AvgIpc) is 2.92. The molecule has 9 heteroatoms. The van der Waals surface area contributed by atoms with Crippen LogP contribution in [0, 0.1) is 0 Å². The molecule has 2 aromatic heterocycles. The zero-order valence-corrected chi connectivity index (χ0v) is 11.9. The van der Waals surface area contributed by atoms with E-state index in [0.717, 1.165) is 0 Å². The van der Waals surface area contributed by atoms with E-state index >= 15 is 0 Å². The second-order valence-corrected chi connectivity index (χ2v) is 4.50. The number of aromatic nitrogens is 4. The molecule has 21 heavy (non-hydrogen) atoms. The summed E-state index contributed by atoms with van der Waals surface area (Å²) in [6, 6.07) is -0.618. The smallest absolute Gasteiger partial charge is 0.305 e. The summed E-state index contributed by atoms with van der Waals surface area (Å²) < 4.78 is 28.4. The molecule has 2 amide bonds. The van der Waals surface area contributed by atoms with E-state index in [0.29, 0.717) is 17.8 Å². The predicted octanol–water partition coefficient (Wildman–Crippen LogP) is 2.30. The van der Waals surface area contributed by atoms with Crippen LogP contribution in [-0.4, -0.2) is 25.6 Å². The van der Waals surface area contributed by atoms with Gasteiger partial charge in [0, 0.05) is 26.5 Å². The number of carbonyl (C=O) groups excluding carboxylic acids is 1. The molecule has 2 aromatic rings. The molecule has 114 valence electrons. The van der Waals surface area contributed by atoms with Gasteiger partial charge < -0.3 is 10.6 Å². The Bertz CT molecular complexity index is 648. The Balaban J connectivity index is 2.11. The number of nitrogens with one attached hydrogen (secondary N) is 2. The van der Waals surface area contributed by atoms with Gasteiger partial charge in [0.1, 0.15) is 0 Å². The molecule has 0 radical (unpaired) electrons. The molecule has 0 bridgehead atoms. The van der Waals surface area contributed by atoms with Crippen molar-refractivity contribution in [2.45, 2.75) is 19.8 Å². The lowest BCUT2D eigenvalue weighted by Gasteiger charge is -2.06. The molecule has 0 saturated heterocycles. The van der Waals surface area contributed by atoms with Gasteiger partial charge in [-0.3, -0.25) is 9.36 Å². The average molecular weight is 298 g/mol. The zero-order valence-electron chi connectivity index (χ0n) is 11.9. The molecule has 0 aliphatic rings. The molecule has 0 aromatic carbocycles. The van der Waals surface area contributed by atoms with Crippen molar-refractivity contribution in [3.63, 3.8) is 0 Å². The number of anilines is 2. The molecule has 0 atom stereocenters. The third-order valence-electron chi connectivity index (χ3n) is 2.80. The van der Waals surface area contributed by atoms with Crippen LogP contribution in [0.3, 0.4) is 0 Å². The Morgan fingerprint density at radius 2 is 1.76 bits per heavy atom. The molecule has 0 spiro atoms. The molecule has 0 fully saturated rings. The van der Waals surface area contributed by atoms with E-state index in [2.05, 4.69) is 20.8 Å². The minimum Gasteiger partial charge on any atom is -0.305 e. The first-order valence-electron chi connectivity index (χ1n) is 6.33. The number of rotatable bonds is 4. The van der Waals surface area contributed by atoms with Gasteiger partial charge in [-0.05, 0) is 6.42 Å². The van der Waals surface area contributed by atoms with E-state index in [4.69, 9.17) is 0 Å². The molecule has 2 heterocycles. The molecular formula is C12H16F2N6O. The molecule has 0 aliphatic carbocycles. The summed E-state index contributed by atoms with van der Waals surface area (Å²) in [5.74, 6) is 0. The Morgan fingerprint density at radius 3 is 2.38 bits per heavy atom. The second-order valence-electron chi connectivity index (χ2n) is 4.50. The van der Waals surface area contributed by atoms with Crippen molar-refractivity contribution in [1.82, 2.24) is 19.6 Å². The molecule has 0 unspecified atom stereocenters. The van der Waals surface area contributed by atoms with Crippen molar-refractivity contribution in [2.24, 2.45) is 14.1 Å². The molecule has 0 saturated carbocycles. The van der Waals surface area contributed by atoms with Crippen molar-refractivity contribution in [1.29, 1.82) is 0 Å². The third kappa shape index (κ3) is 3.36. The maximum atomic E-state index is 12.8. The fourth-order valence-electron chi connectivity index (χ4n) is 1.94. The van der Waals surface area contributed by atoms with E-state index in [1.165, 1.54) is 17.9 Å². The van der Waals surface area contributed by atoms with Gasteiger partial charge in [0.15, 0.2) is 5.69 Å². The van der Waals surface area contributed by atoms with Gasteiger partial charge in [-0.15, -0.1) is 0 Å². The van der Waals surface area contributed by atoms with Crippen LogP contribution in [-0.2, 0) is 20.5 Å². The van der Waals surface area contributed by atoms with E-state index < -0.39 is 18.2 Å². The highest BCUT2D eigenvalue weighted by molar-refractivity contribution is 6.00. The quantitative estimate of drug-likeness (QED) is 0.909. The number of urea groups is 1. The van der Waals surface area contributed by atoms with E-state index in [9.17, 15) is 13.6 Å². The molecule has 0 aliphatic heterocycles. The summed E-state index contributed by atoms with van der Waals surface area (Å²) in [5.41, 5.74) is 0.773. The van der Waals surface area contributed by atoms with Crippen LogP contribution in [0.25, 0.3) is 0 Å². The van der Waals surface area contributed by atoms with Gasteiger partial charge >= 0.3 is 6.03 Å². The number of hydrogen-bond donors (Lipinski definition) is 2. The third-order valence-corrected chi connectivity index (χ3v) is 2.80. The maximum absolute atomic E-state index is 12.8. The van der Waals surface area contributed by atoms with Gasteiger partial charge in [-0.2, -0.15) is 10.2 Å². The number of alkyl halides is 2. The Labute approximate surface area is 119 Å². The minimum absolute atomic E-state index is 0.0214. The van der Waals surface area contributed by atoms with Crippen LogP contribution in [0.5, 0.6) is 0 Å². The summed E-state index contributed by atoms with van der Waals surface area (Å²) in [6.45, 7) is 1.90. The van der Waals surface area contributed by atoms with Crippen LogP contribution in [0.2, 0.25) is 0 Å². The summed E-state index contributed by atoms with van der Waals surface area (Å²) >= 11 is 0. The standard InChI is InChI=1S/C12H16F2N6O/c1-4-7-8(5-19(2)17-7)15-12(21)16-9-6-20(3)18-10(9)11(13)14/h5-6,11H,4H2,1-3H3,(H2,15,16,21). The largest absolute Gasteiger partial charge is 0.323 e. The number of halogens is 2. The van der Waals surface area contributed by atoms with Gasteiger partial charge in [-0.1, -0.05) is 6.92 Å². The molecule has 7 nitrogen and oxygen atoms in total. The van der Waals surface area contributed by atoms with Crippen molar-refractivity contribution in [3.8, 4) is 0 Å². The first kappa shape index (κ1) is 14.9. The first-order valence-corrected chi connectivity index (χ1v) is 6.33. The lowest BCUT2D eigenvalue weighted by atomic mass is 10.3. The number of carbonyl (C=O) groups is 1. The van der Waals surface area contributed by atoms with Crippen molar-refractivity contribution in [2.75, 3.05) is 10.6 Å². The number of amides is 2. The van der Waals surface area contributed by atoms with Gasteiger partial charge in [-0.25, -0.2) is 13.6 Å². The fraction of sp³-hybridized carbons (Fsp3) is 0.417. The summed E-state index contributed by atoms with van der Waals surface area (Å²) in [7, 11) is 3.24. The SMILES string of the molecule is CCc1nn(C)cc1NC(=O)Nc1cn(C)nc1C(F)F. The summed E-state index contributed by atoms with van der Waals surface area (Å²) in [5, 5.41) is 12.8. The molecule has 2 N–H and O–H groups in total. The van der Waals surface area contributed by atoms with Crippen LogP contribution in [0.15, 0.2) is 12.4 Å². The fourth-order valence-corrected chi connectivity index (χ4v) is 1.94. The summed E-state index contributed by atoms with van der Waals surface area (Å²) in [6.07, 6.45) is 0.859. The highest BCUT2D eigenvalue weighted by Crippen LogP contribution is 2.25. The van der Waals surface area contributed by atoms with E-state index in [1.807, 2.05) is 6.92 Å². The van der Waals surface area contributed by atoms with Crippen molar-refractivity contribution >= 4 is 17.4 Å². The van der Waals surface area contributed by atoms with Crippen LogP contribution >= 0.6 is 0 Å². The molecule has 2 rings (SSSR count). The molecular weight excluding hydrogens is 282 g/mol. The van der Waals surface area contributed by atoms with Gasteiger partial charge in [0.25, 0.3) is 6.43 Å². The van der Waals surface area contributed by atoms with E-state index in [1.54, 1.807) is 17.9 Å². The Morgan fingerprint density at radius 1 is 1.19 bits per heavy atom. The van der Waals surface area contributed by atoms with E-state index in [-0.39, 0.29) is 5.69 Å². The first-order chi connectivity index (χ1) is 9.90.